The van der Waals surface area contributed by atoms with Crippen LogP contribution < -0.4 is 10.1 Å². The van der Waals surface area contributed by atoms with Crippen LogP contribution in [0.4, 0.5) is 11.4 Å². The van der Waals surface area contributed by atoms with E-state index in [1.807, 2.05) is 36.4 Å². The minimum Gasteiger partial charge on any atom is -0.488 e. The molecule has 178 valence electrons. The van der Waals surface area contributed by atoms with E-state index in [1.54, 1.807) is 24.3 Å². The van der Waals surface area contributed by atoms with E-state index in [0.717, 1.165) is 10.8 Å². The second kappa shape index (κ2) is 10.9. The normalized spacial score (nSPS) is 11.1. The number of nitro benzene ring substituents is 1. The Bertz CT molecular complexity index is 1560. The second-order valence-electron chi connectivity index (χ2n) is 7.65. The maximum Gasteiger partial charge on any atom is 0.271 e. The highest BCUT2D eigenvalue weighted by molar-refractivity contribution is 6.35. The predicted octanol–water partition coefficient (Wildman–Crippen LogP) is 7.18. The number of non-ortho nitro benzene ring substituents is 1. The molecule has 1 amide bonds. The Morgan fingerprint density at radius 3 is 2.61 bits per heavy atom. The number of nitro groups is 1. The number of hydrogen-bond donors (Lipinski definition) is 1. The van der Waals surface area contributed by atoms with Gasteiger partial charge in [0.25, 0.3) is 11.6 Å². The largest absolute Gasteiger partial charge is 0.488 e. The summed E-state index contributed by atoms with van der Waals surface area (Å²) in [5.41, 5.74) is 1.06. The molecule has 4 aromatic carbocycles. The van der Waals surface area contributed by atoms with Crippen LogP contribution in [0.5, 0.6) is 5.75 Å². The summed E-state index contributed by atoms with van der Waals surface area (Å²) < 4.78 is 6.05. The highest BCUT2D eigenvalue weighted by Gasteiger charge is 2.15. The van der Waals surface area contributed by atoms with Gasteiger partial charge in [-0.3, -0.25) is 14.9 Å². The van der Waals surface area contributed by atoms with E-state index in [4.69, 9.17) is 27.9 Å². The van der Waals surface area contributed by atoms with Crippen molar-refractivity contribution in [3.05, 3.63) is 116 Å². The van der Waals surface area contributed by atoms with Crippen molar-refractivity contribution in [1.82, 2.24) is 0 Å². The first-order chi connectivity index (χ1) is 17.4. The van der Waals surface area contributed by atoms with Crippen LogP contribution in [0.2, 0.25) is 10.0 Å². The molecular formula is C27H17Cl2N3O4. The zero-order valence-electron chi connectivity index (χ0n) is 18.6. The molecule has 0 heterocycles. The third kappa shape index (κ3) is 5.63. The minimum absolute atomic E-state index is 0.136. The fraction of sp³-hybridized carbons (Fsp3) is 0.0370. The molecule has 1 N–H and O–H groups in total. The number of benzene rings is 4. The number of nitrogens with zero attached hydrogens (tertiary/aromatic N) is 2. The Balaban J connectivity index is 1.69. The Hall–Kier alpha value is -4.38. The lowest BCUT2D eigenvalue weighted by Gasteiger charge is -2.14. The van der Waals surface area contributed by atoms with Crippen molar-refractivity contribution in [1.29, 1.82) is 5.26 Å². The van der Waals surface area contributed by atoms with Crippen molar-refractivity contribution >= 4 is 57.3 Å². The smallest absolute Gasteiger partial charge is 0.271 e. The molecule has 36 heavy (non-hydrogen) atoms. The molecule has 0 aliphatic carbocycles. The summed E-state index contributed by atoms with van der Waals surface area (Å²) in [4.78, 5) is 23.4. The fourth-order valence-corrected chi connectivity index (χ4v) is 4.00. The first-order valence-electron chi connectivity index (χ1n) is 10.6. The highest BCUT2D eigenvalue weighted by Crippen LogP contribution is 2.32. The number of hydrogen-bond acceptors (Lipinski definition) is 5. The summed E-state index contributed by atoms with van der Waals surface area (Å²) in [6.45, 7) is 0.136. The summed E-state index contributed by atoms with van der Waals surface area (Å²) in [6.07, 6.45) is 1.44. The zero-order chi connectivity index (χ0) is 25.7. The molecule has 7 nitrogen and oxygen atoms in total. The van der Waals surface area contributed by atoms with Gasteiger partial charge in [0.05, 0.1) is 4.92 Å². The first-order valence-corrected chi connectivity index (χ1v) is 11.4. The van der Waals surface area contributed by atoms with Gasteiger partial charge in [0, 0.05) is 39.0 Å². The van der Waals surface area contributed by atoms with Gasteiger partial charge < -0.3 is 10.1 Å². The fourth-order valence-electron chi connectivity index (χ4n) is 3.53. The monoisotopic (exact) mass is 517 g/mol. The molecule has 4 aromatic rings. The van der Waals surface area contributed by atoms with Crippen LogP contribution in [0.15, 0.2) is 84.4 Å². The van der Waals surface area contributed by atoms with Gasteiger partial charge in [0.1, 0.15) is 24.0 Å². The average molecular weight is 518 g/mol. The average Bonchev–Trinajstić information content (AvgIpc) is 2.87. The molecule has 0 atom stereocenters. The number of halogens is 2. The van der Waals surface area contributed by atoms with Crippen LogP contribution in [0, 0.1) is 21.4 Å². The molecule has 0 aromatic heterocycles. The molecule has 0 saturated carbocycles. The SMILES string of the molecule is N#C/C(=C\c1c(OCc2ccc(Cl)cc2Cl)ccc2ccccc12)C(=O)Nc1cccc([N+](=O)[O-])c1. The van der Waals surface area contributed by atoms with Crippen molar-refractivity contribution in [2.45, 2.75) is 6.61 Å². The lowest BCUT2D eigenvalue weighted by Crippen LogP contribution is -2.13. The van der Waals surface area contributed by atoms with Gasteiger partial charge in [0.15, 0.2) is 0 Å². The Morgan fingerprint density at radius 2 is 1.86 bits per heavy atom. The molecule has 4 rings (SSSR count). The van der Waals surface area contributed by atoms with Gasteiger partial charge in [-0.05, 0) is 41.1 Å². The number of carbonyl (C=O) groups excluding carboxylic acids is 1. The highest BCUT2D eigenvalue weighted by atomic mass is 35.5. The van der Waals surface area contributed by atoms with Crippen LogP contribution in [0.25, 0.3) is 16.8 Å². The number of nitriles is 1. The molecular weight excluding hydrogens is 501 g/mol. The summed E-state index contributed by atoms with van der Waals surface area (Å²) in [7, 11) is 0. The summed E-state index contributed by atoms with van der Waals surface area (Å²) in [5.74, 6) is -0.270. The minimum atomic E-state index is -0.711. The van der Waals surface area contributed by atoms with Crippen molar-refractivity contribution in [2.75, 3.05) is 5.32 Å². The number of fused-ring (bicyclic) bond motifs is 1. The van der Waals surface area contributed by atoms with E-state index in [2.05, 4.69) is 5.32 Å². The maximum atomic E-state index is 12.9. The summed E-state index contributed by atoms with van der Waals surface area (Å²) in [6, 6.07) is 23.6. The van der Waals surface area contributed by atoms with E-state index in [0.29, 0.717) is 26.9 Å². The van der Waals surface area contributed by atoms with Crippen LogP contribution in [-0.2, 0) is 11.4 Å². The Kier molecular flexibility index (Phi) is 7.50. The van der Waals surface area contributed by atoms with Crippen molar-refractivity contribution in [3.63, 3.8) is 0 Å². The van der Waals surface area contributed by atoms with Gasteiger partial charge in [0.2, 0.25) is 0 Å². The van der Waals surface area contributed by atoms with Gasteiger partial charge in [-0.1, -0.05) is 65.7 Å². The van der Waals surface area contributed by atoms with E-state index in [9.17, 15) is 20.2 Å². The van der Waals surface area contributed by atoms with E-state index in [1.165, 1.54) is 30.3 Å². The van der Waals surface area contributed by atoms with Crippen molar-refractivity contribution in [2.24, 2.45) is 0 Å². The maximum absolute atomic E-state index is 12.9. The first kappa shape index (κ1) is 24.7. The number of anilines is 1. The molecule has 9 heteroatoms. The van der Waals surface area contributed by atoms with Crippen LogP contribution in [0.1, 0.15) is 11.1 Å². The van der Waals surface area contributed by atoms with Gasteiger partial charge in [-0.15, -0.1) is 0 Å². The quantitative estimate of drug-likeness (QED) is 0.121. The van der Waals surface area contributed by atoms with Crippen LogP contribution >= 0.6 is 23.2 Å². The lowest BCUT2D eigenvalue weighted by molar-refractivity contribution is -0.384. The number of carbonyl (C=O) groups is 1. The van der Waals surface area contributed by atoms with Crippen molar-refractivity contribution in [3.8, 4) is 11.8 Å². The van der Waals surface area contributed by atoms with E-state index >= 15 is 0 Å². The third-order valence-electron chi connectivity index (χ3n) is 5.30. The topological polar surface area (TPSA) is 105 Å². The van der Waals surface area contributed by atoms with Crippen LogP contribution in [0.3, 0.4) is 0 Å². The lowest BCUT2D eigenvalue weighted by atomic mass is 10.0. The molecule has 0 spiro atoms. The summed E-state index contributed by atoms with van der Waals surface area (Å²) in [5, 5.41) is 25.9. The van der Waals surface area contributed by atoms with Gasteiger partial charge in [-0.25, -0.2) is 0 Å². The summed E-state index contributed by atoms with van der Waals surface area (Å²) >= 11 is 12.2. The molecule has 0 aliphatic rings. The van der Waals surface area contributed by atoms with Gasteiger partial charge in [-0.2, -0.15) is 5.26 Å². The molecule has 0 aliphatic heterocycles. The standard InChI is InChI=1S/C27H17Cl2N3O4/c28-20-10-8-18(25(29)13-20)16-36-26-11-9-17-4-1-2-7-23(17)24(26)12-19(15-30)27(33)31-21-5-3-6-22(14-21)32(34)35/h1-14H,16H2,(H,31,33)/b19-12+. The number of ether oxygens (including phenoxy) is 1. The Morgan fingerprint density at radius 1 is 1.06 bits per heavy atom. The Labute approximate surface area is 216 Å². The molecule has 0 saturated heterocycles. The van der Waals surface area contributed by atoms with Crippen LogP contribution in [-0.4, -0.2) is 10.8 Å². The number of amides is 1. The second-order valence-corrected chi connectivity index (χ2v) is 8.50. The van der Waals surface area contributed by atoms with Gasteiger partial charge >= 0.3 is 0 Å². The number of nitrogens with one attached hydrogen (secondary N) is 1. The van der Waals surface area contributed by atoms with Crippen molar-refractivity contribution < 1.29 is 14.5 Å². The van der Waals surface area contributed by atoms with E-state index < -0.39 is 10.8 Å². The predicted molar refractivity (Wildman–Crippen MR) is 140 cm³/mol. The molecule has 0 radical (unpaired) electrons. The van der Waals surface area contributed by atoms with E-state index in [-0.39, 0.29) is 23.6 Å². The molecule has 0 bridgehead atoms. The zero-order valence-corrected chi connectivity index (χ0v) is 20.1. The number of rotatable bonds is 7. The molecule has 0 fully saturated rings. The molecule has 0 unspecified atom stereocenters. The third-order valence-corrected chi connectivity index (χ3v) is 5.88.